The van der Waals surface area contributed by atoms with Crippen molar-refractivity contribution in [3.63, 3.8) is 0 Å². The van der Waals surface area contributed by atoms with Crippen LogP contribution in [0, 0.1) is 11.7 Å². The van der Waals surface area contributed by atoms with E-state index in [1.54, 1.807) is 25.3 Å². The fraction of sp³-hybridized carbons (Fsp3) is 0.321. The Balaban J connectivity index is 1.98. The van der Waals surface area contributed by atoms with E-state index in [-0.39, 0.29) is 17.6 Å². The summed E-state index contributed by atoms with van der Waals surface area (Å²) in [4.78, 5) is 4.69. The van der Waals surface area contributed by atoms with E-state index in [1.807, 2.05) is 38.2 Å². The maximum absolute atomic E-state index is 14.2. The lowest BCUT2D eigenvalue weighted by Crippen LogP contribution is -2.23. The lowest BCUT2D eigenvalue weighted by Gasteiger charge is -2.27. The molecule has 0 spiro atoms. The molecule has 0 aliphatic carbocycles. The van der Waals surface area contributed by atoms with E-state index >= 15 is 0 Å². The van der Waals surface area contributed by atoms with Crippen LogP contribution in [0.4, 0.5) is 8.78 Å². The molecule has 0 fully saturated rings. The first-order valence-corrected chi connectivity index (χ1v) is 13.3. The molecular weight excluding hydrogens is 521 g/mol. The molecule has 0 bridgehead atoms. The van der Waals surface area contributed by atoms with Gasteiger partial charge in [-0.1, -0.05) is 80.9 Å². The number of thioether (sulfide) groups is 1. The van der Waals surface area contributed by atoms with Crippen molar-refractivity contribution in [2.24, 2.45) is 5.92 Å². The molecule has 3 rings (SSSR count). The van der Waals surface area contributed by atoms with Gasteiger partial charge in [0.15, 0.2) is 5.16 Å². The quantitative estimate of drug-likeness (QED) is 0.186. The summed E-state index contributed by atoms with van der Waals surface area (Å²) in [6, 6.07) is 10.1. The molecule has 1 aromatic heterocycles. The third-order valence-electron chi connectivity index (χ3n) is 5.76. The highest BCUT2D eigenvalue weighted by Crippen LogP contribution is 2.38. The minimum atomic E-state index is -0.461. The summed E-state index contributed by atoms with van der Waals surface area (Å²) in [5.41, 5.74) is 2.29. The number of rotatable bonds is 10. The van der Waals surface area contributed by atoms with Crippen LogP contribution in [-0.4, -0.2) is 16.7 Å². The van der Waals surface area contributed by atoms with Crippen LogP contribution in [0.3, 0.4) is 0 Å². The molecule has 0 radical (unpaired) electrons. The van der Waals surface area contributed by atoms with E-state index < -0.39 is 5.41 Å². The minimum absolute atomic E-state index is 0.115. The third kappa shape index (κ3) is 6.93. The second-order valence-corrected chi connectivity index (χ2v) is 11.0. The topological polar surface area (TPSA) is 27.1 Å². The Kier molecular flexibility index (Phi) is 9.67. The van der Waals surface area contributed by atoms with Crippen LogP contribution in [0.5, 0.6) is 5.75 Å². The first kappa shape index (κ1) is 28.3. The molecule has 0 saturated heterocycles. The van der Waals surface area contributed by atoms with Crippen LogP contribution in [-0.2, 0) is 17.7 Å². The van der Waals surface area contributed by atoms with Crippen LogP contribution >= 0.6 is 35.0 Å². The number of hydrogen-bond donors (Lipinski definition) is 0. The van der Waals surface area contributed by atoms with Crippen molar-refractivity contribution in [1.82, 2.24) is 9.55 Å². The number of aromatic nitrogens is 2. The van der Waals surface area contributed by atoms with Gasteiger partial charge in [0, 0.05) is 28.4 Å². The van der Waals surface area contributed by atoms with E-state index in [0.29, 0.717) is 28.1 Å². The van der Waals surface area contributed by atoms with Gasteiger partial charge in [0.25, 0.3) is 0 Å². The minimum Gasteiger partial charge on any atom is -0.495 e. The van der Waals surface area contributed by atoms with Crippen LogP contribution in [0.2, 0.25) is 10.0 Å². The fourth-order valence-corrected chi connectivity index (χ4v) is 5.27. The normalized spacial score (nSPS) is 12.7. The van der Waals surface area contributed by atoms with Gasteiger partial charge in [0.05, 0.1) is 18.3 Å². The number of benzene rings is 2. The second kappa shape index (κ2) is 12.3. The van der Waals surface area contributed by atoms with Gasteiger partial charge in [-0.05, 0) is 53.5 Å². The standard InChI is InChI=1S/C28H30Cl2F2N2OS/c1-18(2)13-21(31)7-6-12-34-26(28(3,4)20-9-11-23(29)25(14-20)35-5)16-33-27(34)36-17-19-8-10-22(32)15-24(19)30/h6-11,13-16,18H,12,17H2,1-5H3/b7-6-,21-13+. The van der Waals surface area contributed by atoms with Gasteiger partial charge in [-0.2, -0.15) is 0 Å². The Morgan fingerprint density at radius 2 is 1.92 bits per heavy atom. The number of ether oxygens (including phenoxy) is 1. The first-order valence-electron chi connectivity index (χ1n) is 11.5. The SMILES string of the molecule is COc1cc(C(C)(C)c2cnc(SCc3ccc(F)cc3Cl)n2C/C=C\C(F)=C/C(C)C)ccc1Cl. The van der Waals surface area contributed by atoms with Crippen molar-refractivity contribution in [3.05, 3.63) is 99.3 Å². The third-order valence-corrected chi connectivity index (χ3v) is 7.47. The average Bonchev–Trinajstić information content (AvgIpc) is 3.21. The van der Waals surface area contributed by atoms with Gasteiger partial charge >= 0.3 is 0 Å². The van der Waals surface area contributed by atoms with Crippen molar-refractivity contribution < 1.29 is 13.5 Å². The van der Waals surface area contributed by atoms with E-state index in [2.05, 4.69) is 23.4 Å². The van der Waals surface area contributed by atoms with Crippen molar-refractivity contribution in [1.29, 1.82) is 0 Å². The van der Waals surface area contributed by atoms with Gasteiger partial charge < -0.3 is 9.30 Å². The number of allylic oxidation sites excluding steroid dienone is 4. The molecule has 1 heterocycles. The molecule has 3 nitrogen and oxygen atoms in total. The Hall–Kier alpha value is -2.28. The maximum Gasteiger partial charge on any atom is 0.168 e. The van der Waals surface area contributed by atoms with Gasteiger partial charge in [0.2, 0.25) is 0 Å². The number of methoxy groups -OCH3 is 1. The van der Waals surface area contributed by atoms with Crippen molar-refractivity contribution in [2.75, 3.05) is 7.11 Å². The van der Waals surface area contributed by atoms with Crippen molar-refractivity contribution in [3.8, 4) is 5.75 Å². The summed E-state index contributed by atoms with van der Waals surface area (Å²) in [6.07, 6.45) is 6.67. The smallest absolute Gasteiger partial charge is 0.168 e. The first-order chi connectivity index (χ1) is 17.0. The van der Waals surface area contributed by atoms with Gasteiger partial charge in [-0.3, -0.25) is 0 Å². The Bertz CT molecular complexity index is 1270. The summed E-state index contributed by atoms with van der Waals surface area (Å²) in [7, 11) is 1.58. The zero-order valence-corrected chi connectivity index (χ0v) is 23.3. The zero-order valence-electron chi connectivity index (χ0n) is 21.0. The largest absolute Gasteiger partial charge is 0.495 e. The maximum atomic E-state index is 14.2. The van der Waals surface area contributed by atoms with Gasteiger partial charge in [-0.15, -0.1) is 0 Å². The highest BCUT2D eigenvalue weighted by molar-refractivity contribution is 7.98. The molecule has 192 valence electrons. The lowest BCUT2D eigenvalue weighted by atomic mass is 9.81. The molecule has 0 aliphatic heterocycles. The molecular formula is C28H30Cl2F2N2OS. The molecule has 0 aliphatic rings. The Labute approximate surface area is 226 Å². The number of hydrogen-bond acceptors (Lipinski definition) is 3. The number of nitrogens with zero attached hydrogens (tertiary/aromatic N) is 2. The number of halogens is 4. The fourth-order valence-electron chi connectivity index (χ4n) is 3.77. The summed E-state index contributed by atoms with van der Waals surface area (Å²) in [6.45, 7) is 8.47. The molecule has 0 N–H and O–H groups in total. The highest BCUT2D eigenvalue weighted by Gasteiger charge is 2.29. The van der Waals surface area contributed by atoms with Crippen LogP contribution in [0.25, 0.3) is 0 Å². The van der Waals surface area contributed by atoms with Crippen molar-refractivity contribution in [2.45, 2.75) is 50.6 Å². The molecule has 2 aromatic carbocycles. The van der Waals surface area contributed by atoms with Crippen molar-refractivity contribution >= 4 is 35.0 Å². The summed E-state index contributed by atoms with van der Waals surface area (Å²) in [5.74, 6) is 0.564. The molecule has 3 aromatic rings. The van der Waals surface area contributed by atoms with Gasteiger partial charge in [0.1, 0.15) is 17.4 Å². The summed E-state index contributed by atoms with van der Waals surface area (Å²) < 4.78 is 35.2. The van der Waals surface area contributed by atoms with Gasteiger partial charge in [-0.25, -0.2) is 13.8 Å². The average molecular weight is 552 g/mol. The molecule has 0 saturated carbocycles. The Morgan fingerprint density at radius 3 is 2.58 bits per heavy atom. The van der Waals surface area contributed by atoms with E-state index in [9.17, 15) is 8.78 Å². The molecule has 0 amide bonds. The zero-order chi connectivity index (χ0) is 26.5. The van der Waals surface area contributed by atoms with Crippen LogP contribution in [0.1, 0.15) is 44.5 Å². The predicted molar refractivity (Wildman–Crippen MR) is 146 cm³/mol. The van der Waals surface area contributed by atoms with Crippen LogP contribution in [0.15, 0.2) is 71.8 Å². The molecule has 8 heteroatoms. The van der Waals surface area contributed by atoms with Crippen LogP contribution < -0.4 is 4.74 Å². The highest BCUT2D eigenvalue weighted by atomic mass is 35.5. The summed E-state index contributed by atoms with van der Waals surface area (Å²) >= 11 is 14.0. The van der Waals surface area contributed by atoms with E-state index in [0.717, 1.165) is 22.0 Å². The molecule has 0 atom stereocenters. The lowest BCUT2D eigenvalue weighted by molar-refractivity contribution is 0.413. The van der Waals surface area contributed by atoms with E-state index in [1.165, 1.54) is 30.0 Å². The second-order valence-electron chi connectivity index (χ2n) is 9.23. The predicted octanol–water partition coefficient (Wildman–Crippen LogP) is 9.02. The molecule has 36 heavy (non-hydrogen) atoms. The monoisotopic (exact) mass is 550 g/mol. The number of imidazole rings is 1. The summed E-state index contributed by atoms with van der Waals surface area (Å²) in [5, 5.41) is 1.65. The molecule has 0 unspecified atom stereocenters. The van der Waals surface area contributed by atoms with E-state index in [4.69, 9.17) is 27.9 Å². The Morgan fingerprint density at radius 1 is 1.17 bits per heavy atom.